The third kappa shape index (κ3) is 4.15. The number of likely N-dealkylation sites (tertiary alicyclic amines) is 1. The number of hydrogen-bond acceptors (Lipinski definition) is 5. The molecule has 2 N–H and O–H groups in total. The van der Waals surface area contributed by atoms with Crippen LogP contribution in [0, 0.1) is 6.92 Å². The number of hydrogen-bond donors (Lipinski definition) is 2. The first-order valence-corrected chi connectivity index (χ1v) is 10.2. The Kier molecular flexibility index (Phi) is 5.70. The summed E-state index contributed by atoms with van der Waals surface area (Å²) in [6.45, 7) is 5.82. The van der Waals surface area contributed by atoms with Crippen molar-refractivity contribution in [3.63, 3.8) is 0 Å². The van der Waals surface area contributed by atoms with Crippen molar-refractivity contribution in [2.75, 3.05) is 25.5 Å². The van der Waals surface area contributed by atoms with Crippen LogP contribution < -0.4 is 10.1 Å². The van der Waals surface area contributed by atoms with E-state index in [-0.39, 0.29) is 11.8 Å². The predicted octanol–water partition coefficient (Wildman–Crippen LogP) is 3.74. The number of carbonyl (C=O) groups excluding carboxylic acids is 1. The zero-order chi connectivity index (χ0) is 21.1. The number of amides is 1. The van der Waals surface area contributed by atoms with E-state index >= 15 is 0 Å². The second kappa shape index (κ2) is 8.57. The molecule has 156 valence electrons. The summed E-state index contributed by atoms with van der Waals surface area (Å²) in [7, 11) is 1.69. The van der Waals surface area contributed by atoms with E-state index in [1.807, 2.05) is 36.2 Å². The van der Waals surface area contributed by atoms with Crippen molar-refractivity contribution in [1.29, 1.82) is 0 Å². The van der Waals surface area contributed by atoms with Gasteiger partial charge in [0.1, 0.15) is 11.6 Å². The SMILES string of the molecule is COc1cc(C)ccc1CNc1cc(-c2cn[nH]c2C2CCN(C(C)=O)C2)ccn1. The molecule has 1 atom stereocenters. The third-order valence-corrected chi connectivity index (χ3v) is 5.68. The third-order valence-electron chi connectivity index (χ3n) is 5.68. The van der Waals surface area contributed by atoms with E-state index in [1.165, 1.54) is 5.56 Å². The maximum atomic E-state index is 11.7. The molecule has 1 aromatic carbocycles. The van der Waals surface area contributed by atoms with Crippen molar-refractivity contribution < 1.29 is 9.53 Å². The summed E-state index contributed by atoms with van der Waals surface area (Å²) >= 11 is 0. The minimum atomic E-state index is 0.125. The van der Waals surface area contributed by atoms with Gasteiger partial charge in [-0.1, -0.05) is 12.1 Å². The van der Waals surface area contributed by atoms with E-state index in [9.17, 15) is 4.79 Å². The zero-order valence-electron chi connectivity index (χ0n) is 17.6. The van der Waals surface area contributed by atoms with Gasteiger partial charge in [0.15, 0.2) is 0 Å². The molecule has 0 radical (unpaired) electrons. The Hall–Kier alpha value is -3.35. The molecule has 2 aromatic heterocycles. The van der Waals surface area contributed by atoms with Gasteiger partial charge in [0.25, 0.3) is 0 Å². The molecule has 1 fully saturated rings. The van der Waals surface area contributed by atoms with Gasteiger partial charge in [-0.15, -0.1) is 0 Å². The zero-order valence-corrected chi connectivity index (χ0v) is 17.6. The number of aryl methyl sites for hydroxylation is 1. The smallest absolute Gasteiger partial charge is 0.219 e. The lowest BCUT2D eigenvalue weighted by Gasteiger charge is -2.14. The summed E-state index contributed by atoms with van der Waals surface area (Å²) in [5.41, 5.74) is 5.43. The van der Waals surface area contributed by atoms with Gasteiger partial charge in [0, 0.05) is 55.5 Å². The fraction of sp³-hybridized carbons (Fsp3) is 0.348. The molecule has 0 aliphatic carbocycles. The number of anilines is 1. The highest BCUT2D eigenvalue weighted by Crippen LogP contribution is 2.34. The number of nitrogens with one attached hydrogen (secondary N) is 2. The number of benzene rings is 1. The number of aromatic amines is 1. The average Bonchev–Trinajstić information content (AvgIpc) is 3.42. The number of nitrogens with zero attached hydrogens (tertiary/aromatic N) is 3. The van der Waals surface area contributed by atoms with Crippen LogP contribution in [0.3, 0.4) is 0 Å². The molecule has 4 rings (SSSR count). The van der Waals surface area contributed by atoms with Crippen molar-refractivity contribution >= 4 is 11.7 Å². The Morgan fingerprint density at radius 2 is 2.20 bits per heavy atom. The molecule has 0 spiro atoms. The van der Waals surface area contributed by atoms with E-state index in [0.29, 0.717) is 6.54 Å². The fourth-order valence-corrected chi connectivity index (χ4v) is 4.00. The Morgan fingerprint density at radius 1 is 1.33 bits per heavy atom. The molecule has 1 saturated heterocycles. The van der Waals surface area contributed by atoms with Crippen molar-refractivity contribution in [3.05, 3.63) is 59.5 Å². The van der Waals surface area contributed by atoms with Crippen LogP contribution in [0.25, 0.3) is 11.1 Å². The van der Waals surface area contributed by atoms with E-state index in [1.54, 1.807) is 20.2 Å². The van der Waals surface area contributed by atoms with Crippen LogP contribution in [0.4, 0.5) is 5.82 Å². The first-order valence-electron chi connectivity index (χ1n) is 10.2. The average molecular weight is 406 g/mol. The van der Waals surface area contributed by atoms with E-state index < -0.39 is 0 Å². The molecule has 1 aliphatic rings. The van der Waals surface area contributed by atoms with Crippen molar-refractivity contribution in [1.82, 2.24) is 20.1 Å². The number of ether oxygens (including phenoxy) is 1. The summed E-state index contributed by atoms with van der Waals surface area (Å²) < 4.78 is 5.49. The molecular formula is C23H27N5O2. The van der Waals surface area contributed by atoms with Gasteiger partial charge in [0.2, 0.25) is 5.91 Å². The van der Waals surface area contributed by atoms with Gasteiger partial charge >= 0.3 is 0 Å². The van der Waals surface area contributed by atoms with E-state index in [2.05, 4.69) is 32.6 Å². The summed E-state index contributed by atoms with van der Waals surface area (Å²) in [6.07, 6.45) is 4.60. The summed E-state index contributed by atoms with van der Waals surface area (Å²) in [5.74, 6) is 2.05. The van der Waals surface area contributed by atoms with E-state index in [0.717, 1.165) is 53.5 Å². The lowest BCUT2D eigenvalue weighted by molar-refractivity contribution is -0.127. The standard InChI is InChI=1S/C23H27N5O2/c1-15-4-5-18(21(10-15)30-3)12-25-22-11-17(6-8-24-22)20-13-26-27-23(20)19-7-9-28(14-19)16(2)29/h4-6,8,10-11,13,19H,7,9,12,14H2,1-3H3,(H,24,25)(H,26,27). The number of pyridine rings is 1. The number of H-pyrrole nitrogens is 1. The van der Waals surface area contributed by atoms with Gasteiger partial charge in [-0.25, -0.2) is 4.98 Å². The normalized spacial score (nSPS) is 16.0. The molecule has 30 heavy (non-hydrogen) atoms. The summed E-state index contributed by atoms with van der Waals surface area (Å²) in [5, 5.41) is 10.8. The maximum absolute atomic E-state index is 11.7. The quantitative estimate of drug-likeness (QED) is 0.653. The van der Waals surface area contributed by atoms with Gasteiger partial charge in [-0.2, -0.15) is 5.10 Å². The molecule has 0 bridgehead atoms. The highest BCUT2D eigenvalue weighted by molar-refractivity contribution is 5.74. The number of methoxy groups -OCH3 is 1. The summed E-state index contributed by atoms with van der Waals surface area (Å²) in [6, 6.07) is 10.2. The van der Waals surface area contributed by atoms with Crippen LogP contribution in [-0.2, 0) is 11.3 Å². The van der Waals surface area contributed by atoms with Crippen LogP contribution in [0.2, 0.25) is 0 Å². The first kappa shape index (κ1) is 19.9. The monoisotopic (exact) mass is 405 g/mol. The van der Waals surface area contributed by atoms with Crippen LogP contribution in [0.5, 0.6) is 5.75 Å². The van der Waals surface area contributed by atoms with Crippen molar-refractivity contribution in [2.24, 2.45) is 0 Å². The van der Waals surface area contributed by atoms with Crippen molar-refractivity contribution in [2.45, 2.75) is 32.7 Å². The largest absolute Gasteiger partial charge is 0.496 e. The molecule has 0 saturated carbocycles. The first-order chi connectivity index (χ1) is 14.5. The molecule has 1 unspecified atom stereocenters. The van der Waals surface area contributed by atoms with Crippen molar-refractivity contribution in [3.8, 4) is 16.9 Å². The highest BCUT2D eigenvalue weighted by Gasteiger charge is 2.28. The second-order valence-corrected chi connectivity index (χ2v) is 7.75. The molecule has 7 nitrogen and oxygen atoms in total. The topological polar surface area (TPSA) is 83.1 Å². The van der Waals surface area contributed by atoms with Gasteiger partial charge in [0.05, 0.1) is 13.3 Å². The number of carbonyl (C=O) groups is 1. The molecular weight excluding hydrogens is 378 g/mol. The molecule has 1 aliphatic heterocycles. The Bertz CT molecular complexity index is 1050. The Morgan fingerprint density at radius 3 is 2.97 bits per heavy atom. The second-order valence-electron chi connectivity index (χ2n) is 7.75. The van der Waals surface area contributed by atoms with Crippen LogP contribution >= 0.6 is 0 Å². The van der Waals surface area contributed by atoms with Crippen LogP contribution in [-0.4, -0.2) is 46.2 Å². The van der Waals surface area contributed by atoms with Gasteiger partial charge in [-0.3, -0.25) is 9.89 Å². The van der Waals surface area contributed by atoms with E-state index in [4.69, 9.17) is 4.74 Å². The lowest BCUT2D eigenvalue weighted by atomic mass is 9.97. The maximum Gasteiger partial charge on any atom is 0.219 e. The molecule has 1 amide bonds. The molecule has 3 heterocycles. The van der Waals surface area contributed by atoms with Crippen LogP contribution in [0.15, 0.2) is 42.7 Å². The number of aromatic nitrogens is 3. The fourth-order valence-electron chi connectivity index (χ4n) is 4.00. The van der Waals surface area contributed by atoms with Gasteiger partial charge in [-0.05, 0) is 42.7 Å². The Labute approximate surface area is 176 Å². The minimum Gasteiger partial charge on any atom is -0.496 e. The molecule has 3 aromatic rings. The lowest BCUT2D eigenvalue weighted by Crippen LogP contribution is -2.25. The van der Waals surface area contributed by atoms with Crippen LogP contribution in [0.1, 0.15) is 36.1 Å². The minimum absolute atomic E-state index is 0.125. The van der Waals surface area contributed by atoms with Gasteiger partial charge < -0.3 is 15.0 Å². The highest BCUT2D eigenvalue weighted by atomic mass is 16.5. The predicted molar refractivity (Wildman–Crippen MR) is 116 cm³/mol. The summed E-state index contributed by atoms with van der Waals surface area (Å²) in [4.78, 5) is 18.0. The molecule has 7 heteroatoms. The Balaban J connectivity index is 1.51. The number of rotatable bonds is 6.